The number of nitrogens with zero attached hydrogens (tertiary/aromatic N) is 2. The molecule has 0 saturated heterocycles. The normalized spacial score (nSPS) is 11.4. The van der Waals surface area contributed by atoms with Crippen LogP contribution in [0.15, 0.2) is 54.9 Å². The van der Waals surface area contributed by atoms with Crippen LogP contribution in [0.4, 0.5) is 0 Å². The lowest BCUT2D eigenvalue weighted by atomic mass is 10.0. The molecule has 2 heterocycles. The minimum Gasteiger partial charge on any atom is -0.307 e. The Hall–Kier alpha value is -2.13. The van der Waals surface area contributed by atoms with Gasteiger partial charge in [-0.1, -0.05) is 44.2 Å². The number of pyridine rings is 1. The van der Waals surface area contributed by atoms with E-state index in [1.807, 2.05) is 24.4 Å². The highest BCUT2D eigenvalue weighted by Gasteiger charge is 2.01. The lowest BCUT2D eigenvalue weighted by molar-refractivity contribution is 0.682. The van der Waals surface area contributed by atoms with Gasteiger partial charge in [-0.25, -0.2) is 4.98 Å². The van der Waals surface area contributed by atoms with Gasteiger partial charge in [-0.2, -0.15) is 0 Å². The highest BCUT2D eigenvalue weighted by Crippen LogP contribution is 2.14. The number of nitrogens with one attached hydrogen (secondary N) is 1. The summed E-state index contributed by atoms with van der Waals surface area (Å²) >= 11 is 0. The van der Waals surface area contributed by atoms with E-state index in [9.17, 15) is 0 Å². The molecule has 3 rings (SSSR count). The second-order valence-corrected chi connectivity index (χ2v) is 5.70. The van der Waals surface area contributed by atoms with Gasteiger partial charge in [0, 0.05) is 25.5 Å². The largest absolute Gasteiger partial charge is 0.307 e. The Morgan fingerprint density at radius 2 is 1.86 bits per heavy atom. The third-order valence-electron chi connectivity index (χ3n) is 3.70. The second-order valence-electron chi connectivity index (χ2n) is 5.70. The molecule has 0 saturated carbocycles. The van der Waals surface area contributed by atoms with Crippen molar-refractivity contribution in [3.8, 4) is 0 Å². The smallest absolute Gasteiger partial charge is 0.137 e. The minimum atomic E-state index is 0.588. The summed E-state index contributed by atoms with van der Waals surface area (Å²) in [6.45, 7) is 6.09. The lowest BCUT2D eigenvalue weighted by Crippen LogP contribution is -2.12. The fourth-order valence-electron chi connectivity index (χ4n) is 2.43. The van der Waals surface area contributed by atoms with Crippen LogP contribution in [0, 0.1) is 0 Å². The van der Waals surface area contributed by atoms with Crippen LogP contribution in [0.1, 0.15) is 36.6 Å². The van der Waals surface area contributed by atoms with Crippen LogP contribution in [0.25, 0.3) is 5.65 Å². The molecular weight excluding hydrogens is 258 g/mol. The first-order valence-corrected chi connectivity index (χ1v) is 7.44. The van der Waals surface area contributed by atoms with Crippen molar-refractivity contribution in [1.82, 2.24) is 14.7 Å². The Bertz CT molecular complexity index is 678. The van der Waals surface area contributed by atoms with Crippen LogP contribution in [0.3, 0.4) is 0 Å². The summed E-state index contributed by atoms with van der Waals surface area (Å²) in [7, 11) is 0. The summed E-state index contributed by atoms with van der Waals surface area (Å²) in [5, 5.41) is 3.45. The van der Waals surface area contributed by atoms with Crippen molar-refractivity contribution >= 4 is 5.65 Å². The van der Waals surface area contributed by atoms with E-state index in [1.54, 1.807) is 0 Å². The molecule has 108 valence electrons. The number of benzene rings is 1. The maximum Gasteiger partial charge on any atom is 0.137 e. The summed E-state index contributed by atoms with van der Waals surface area (Å²) in [5.41, 5.74) is 4.76. The molecule has 1 aromatic carbocycles. The lowest BCUT2D eigenvalue weighted by Gasteiger charge is -2.07. The van der Waals surface area contributed by atoms with Gasteiger partial charge in [0.05, 0.1) is 5.69 Å². The summed E-state index contributed by atoms with van der Waals surface area (Å²) in [6, 6.07) is 14.9. The molecule has 3 heteroatoms. The predicted octanol–water partition coefficient (Wildman–Crippen LogP) is 3.75. The molecule has 1 N–H and O–H groups in total. The van der Waals surface area contributed by atoms with E-state index in [4.69, 9.17) is 0 Å². The Morgan fingerprint density at radius 3 is 2.57 bits per heavy atom. The maximum atomic E-state index is 4.58. The van der Waals surface area contributed by atoms with Gasteiger partial charge >= 0.3 is 0 Å². The average Bonchev–Trinajstić information content (AvgIpc) is 2.90. The van der Waals surface area contributed by atoms with E-state index >= 15 is 0 Å². The fraction of sp³-hybridized carbons (Fsp3) is 0.278. The number of rotatable bonds is 5. The van der Waals surface area contributed by atoms with Crippen molar-refractivity contribution in [2.75, 3.05) is 0 Å². The minimum absolute atomic E-state index is 0.588. The number of fused-ring (bicyclic) bond motifs is 1. The van der Waals surface area contributed by atoms with Gasteiger partial charge in [-0.3, -0.25) is 0 Å². The molecule has 21 heavy (non-hydrogen) atoms. The van der Waals surface area contributed by atoms with Gasteiger partial charge in [0.1, 0.15) is 5.65 Å². The quantitative estimate of drug-likeness (QED) is 0.770. The summed E-state index contributed by atoms with van der Waals surface area (Å²) in [5.74, 6) is 0.588. The Labute approximate surface area is 125 Å². The van der Waals surface area contributed by atoms with Crippen LogP contribution in [0.2, 0.25) is 0 Å². The van der Waals surface area contributed by atoms with Crippen molar-refractivity contribution in [1.29, 1.82) is 0 Å². The molecule has 0 bridgehead atoms. The molecule has 0 amide bonds. The van der Waals surface area contributed by atoms with Gasteiger partial charge in [0.2, 0.25) is 0 Å². The molecule has 0 aliphatic heterocycles. The van der Waals surface area contributed by atoms with Crippen LogP contribution in [-0.4, -0.2) is 9.38 Å². The molecule has 0 fully saturated rings. The first kappa shape index (κ1) is 13.8. The predicted molar refractivity (Wildman–Crippen MR) is 86.3 cm³/mol. The Kier molecular flexibility index (Phi) is 4.02. The SMILES string of the molecule is CC(C)c1ccc(CNCc2cn3ccccc3n2)cc1. The van der Waals surface area contributed by atoms with Crippen LogP contribution < -0.4 is 5.32 Å². The molecule has 0 spiro atoms. The molecule has 0 atom stereocenters. The number of aromatic nitrogens is 2. The molecule has 0 aliphatic carbocycles. The van der Waals surface area contributed by atoms with Crippen LogP contribution in [-0.2, 0) is 13.1 Å². The van der Waals surface area contributed by atoms with E-state index in [0.29, 0.717) is 5.92 Å². The number of hydrogen-bond acceptors (Lipinski definition) is 2. The Morgan fingerprint density at radius 1 is 1.05 bits per heavy atom. The van der Waals surface area contributed by atoms with Gasteiger partial charge in [-0.15, -0.1) is 0 Å². The Balaban J connectivity index is 1.58. The fourth-order valence-corrected chi connectivity index (χ4v) is 2.43. The molecule has 3 aromatic rings. The summed E-state index contributed by atoms with van der Waals surface area (Å²) in [4.78, 5) is 4.58. The second kappa shape index (κ2) is 6.10. The molecular formula is C18H21N3. The van der Waals surface area contributed by atoms with Crippen LogP contribution in [0.5, 0.6) is 0 Å². The van der Waals surface area contributed by atoms with E-state index in [-0.39, 0.29) is 0 Å². The molecule has 3 nitrogen and oxygen atoms in total. The molecule has 0 aliphatic rings. The average molecular weight is 279 g/mol. The van der Waals surface area contributed by atoms with Crippen molar-refractivity contribution in [3.63, 3.8) is 0 Å². The van der Waals surface area contributed by atoms with E-state index < -0.39 is 0 Å². The molecule has 0 unspecified atom stereocenters. The first-order valence-electron chi connectivity index (χ1n) is 7.44. The zero-order valence-corrected chi connectivity index (χ0v) is 12.6. The van der Waals surface area contributed by atoms with Gasteiger partial charge < -0.3 is 9.72 Å². The highest BCUT2D eigenvalue weighted by atomic mass is 15.0. The van der Waals surface area contributed by atoms with E-state index in [1.165, 1.54) is 11.1 Å². The third kappa shape index (κ3) is 3.31. The van der Waals surface area contributed by atoms with Crippen LogP contribution >= 0.6 is 0 Å². The summed E-state index contributed by atoms with van der Waals surface area (Å²) in [6.07, 6.45) is 4.10. The van der Waals surface area contributed by atoms with Gasteiger partial charge in [-0.05, 0) is 29.2 Å². The van der Waals surface area contributed by atoms with Gasteiger partial charge in [0.15, 0.2) is 0 Å². The molecule has 0 radical (unpaired) electrons. The van der Waals surface area contributed by atoms with Crippen molar-refractivity contribution < 1.29 is 0 Å². The van der Waals surface area contributed by atoms with Crippen molar-refractivity contribution in [3.05, 3.63) is 71.7 Å². The zero-order chi connectivity index (χ0) is 14.7. The summed E-state index contributed by atoms with van der Waals surface area (Å²) < 4.78 is 2.05. The molecule has 2 aromatic heterocycles. The maximum absolute atomic E-state index is 4.58. The van der Waals surface area contributed by atoms with E-state index in [0.717, 1.165) is 24.4 Å². The zero-order valence-electron chi connectivity index (χ0n) is 12.6. The topological polar surface area (TPSA) is 29.3 Å². The third-order valence-corrected chi connectivity index (χ3v) is 3.70. The number of hydrogen-bond donors (Lipinski definition) is 1. The van der Waals surface area contributed by atoms with E-state index in [2.05, 4.69) is 59.0 Å². The monoisotopic (exact) mass is 279 g/mol. The van der Waals surface area contributed by atoms with Crippen molar-refractivity contribution in [2.45, 2.75) is 32.9 Å². The standard InChI is InChI=1S/C18H21N3/c1-14(2)16-8-6-15(7-9-16)11-19-12-17-13-21-10-4-3-5-18(21)20-17/h3-10,13-14,19H,11-12H2,1-2H3. The van der Waals surface area contributed by atoms with Gasteiger partial charge in [0.25, 0.3) is 0 Å². The number of imidazole rings is 1. The highest BCUT2D eigenvalue weighted by molar-refractivity contribution is 5.39. The van der Waals surface area contributed by atoms with Crippen molar-refractivity contribution in [2.24, 2.45) is 0 Å². The first-order chi connectivity index (χ1) is 10.2.